The first-order chi connectivity index (χ1) is 13.9. The third-order valence-electron chi connectivity index (χ3n) is 5.37. The summed E-state index contributed by atoms with van der Waals surface area (Å²) in [6, 6.07) is 7.29. The van der Waals surface area contributed by atoms with E-state index in [1.807, 2.05) is 19.9 Å². The monoisotopic (exact) mass is 400 g/mol. The van der Waals surface area contributed by atoms with Gasteiger partial charge in [0.25, 0.3) is 5.91 Å². The molecule has 7 heteroatoms. The number of hydrogen-bond donors (Lipinski definition) is 3. The molecule has 2 fully saturated rings. The highest BCUT2D eigenvalue weighted by Crippen LogP contribution is 2.29. The topological polar surface area (TPSA) is 90.5 Å². The smallest absolute Gasteiger partial charge is 0.253 e. The van der Waals surface area contributed by atoms with Gasteiger partial charge in [0.2, 0.25) is 11.8 Å². The number of carbonyl (C=O) groups excluding carboxylic acids is 3. The number of hydrogen-bond acceptors (Lipinski definition) is 4. The Morgan fingerprint density at radius 3 is 2.41 bits per heavy atom. The van der Waals surface area contributed by atoms with Gasteiger partial charge in [0.1, 0.15) is 0 Å². The summed E-state index contributed by atoms with van der Waals surface area (Å²) >= 11 is 0. The maximum atomic E-state index is 12.5. The number of carbonyl (C=O) groups is 3. The summed E-state index contributed by atoms with van der Waals surface area (Å²) in [5, 5.41) is 8.90. The molecule has 2 aliphatic rings. The normalized spacial score (nSPS) is 17.8. The molecular formula is C22H32N4O3. The molecule has 7 nitrogen and oxygen atoms in total. The van der Waals surface area contributed by atoms with Crippen LogP contribution < -0.4 is 16.0 Å². The molecule has 29 heavy (non-hydrogen) atoms. The van der Waals surface area contributed by atoms with E-state index < -0.39 is 0 Å². The van der Waals surface area contributed by atoms with Crippen LogP contribution in [0.3, 0.4) is 0 Å². The van der Waals surface area contributed by atoms with Crippen molar-refractivity contribution >= 4 is 23.4 Å². The van der Waals surface area contributed by atoms with Crippen molar-refractivity contribution in [1.82, 2.24) is 15.5 Å². The molecule has 158 valence electrons. The van der Waals surface area contributed by atoms with Crippen molar-refractivity contribution in [3.05, 3.63) is 29.8 Å². The van der Waals surface area contributed by atoms with E-state index in [1.54, 1.807) is 18.2 Å². The first kappa shape index (κ1) is 21.3. The van der Waals surface area contributed by atoms with Gasteiger partial charge < -0.3 is 16.0 Å². The average molecular weight is 401 g/mol. The van der Waals surface area contributed by atoms with E-state index in [1.165, 1.54) is 0 Å². The molecule has 3 amide bonds. The summed E-state index contributed by atoms with van der Waals surface area (Å²) in [7, 11) is 0. The van der Waals surface area contributed by atoms with Gasteiger partial charge in [0.15, 0.2) is 0 Å². The molecule has 1 aliphatic heterocycles. The fraction of sp³-hybridized carbons (Fsp3) is 0.591. The highest BCUT2D eigenvalue weighted by atomic mass is 16.2. The van der Waals surface area contributed by atoms with Crippen LogP contribution in [0.5, 0.6) is 0 Å². The maximum absolute atomic E-state index is 12.5. The number of piperidine rings is 1. The van der Waals surface area contributed by atoms with Crippen molar-refractivity contribution in [3.8, 4) is 0 Å². The second-order valence-corrected chi connectivity index (χ2v) is 8.53. The Hall–Kier alpha value is -2.41. The Morgan fingerprint density at radius 2 is 1.76 bits per heavy atom. The van der Waals surface area contributed by atoms with Crippen molar-refractivity contribution < 1.29 is 14.4 Å². The van der Waals surface area contributed by atoms with Gasteiger partial charge in [-0.05, 0) is 43.7 Å². The van der Waals surface area contributed by atoms with Gasteiger partial charge in [-0.15, -0.1) is 0 Å². The SMILES string of the molecule is CC(C)CNC(=O)c1ccccc1NC(=O)CN1CCC(NC(=O)C2CC2)CC1. The zero-order valence-corrected chi connectivity index (χ0v) is 17.4. The summed E-state index contributed by atoms with van der Waals surface area (Å²) in [6.07, 6.45) is 3.75. The van der Waals surface area contributed by atoms with E-state index in [4.69, 9.17) is 0 Å². The number of nitrogens with zero attached hydrogens (tertiary/aromatic N) is 1. The Balaban J connectivity index is 1.46. The first-order valence-corrected chi connectivity index (χ1v) is 10.6. The molecular weight excluding hydrogens is 368 g/mol. The average Bonchev–Trinajstić information content (AvgIpc) is 3.53. The molecule has 1 aromatic rings. The number of benzene rings is 1. The third-order valence-corrected chi connectivity index (χ3v) is 5.37. The predicted molar refractivity (Wildman–Crippen MR) is 113 cm³/mol. The van der Waals surface area contributed by atoms with E-state index in [2.05, 4.69) is 20.9 Å². The molecule has 1 heterocycles. The summed E-state index contributed by atoms with van der Waals surface area (Å²) in [5.41, 5.74) is 1.01. The van der Waals surface area contributed by atoms with Crippen molar-refractivity contribution in [3.63, 3.8) is 0 Å². The number of nitrogens with one attached hydrogen (secondary N) is 3. The molecule has 1 saturated heterocycles. The minimum absolute atomic E-state index is 0.130. The van der Waals surface area contributed by atoms with E-state index in [-0.39, 0.29) is 36.2 Å². The van der Waals surface area contributed by atoms with Crippen LogP contribution in [0.1, 0.15) is 49.9 Å². The molecule has 1 saturated carbocycles. The van der Waals surface area contributed by atoms with Gasteiger partial charge in [-0.3, -0.25) is 19.3 Å². The standard InChI is InChI=1S/C22H32N4O3/c1-15(2)13-23-22(29)18-5-3-4-6-19(18)25-20(27)14-26-11-9-17(10-12-26)24-21(28)16-7-8-16/h3-6,15-17H,7-14H2,1-2H3,(H,23,29)(H,24,28)(H,25,27). The van der Waals surface area contributed by atoms with Crippen molar-refractivity contribution in [1.29, 1.82) is 0 Å². The van der Waals surface area contributed by atoms with Crippen LogP contribution in [0, 0.1) is 11.8 Å². The van der Waals surface area contributed by atoms with Crippen LogP contribution >= 0.6 is 0 Å². The fourth-order valence-corrected chi connectivity index (χ4v) is 3.47. The zero-order chi connectivity index (χ0) is 20.8. The molecule has 3 rings (SSSR count). The lowest BCUT2D eigenvalue weighted by molar-refractivity contribution is -0.123. The molecule has 1 aliphatic carbocycles. The second kappa shape index (κ2) is 9.87. The fourth-order valence-electron chi connectivity index (χ4n) is 3.47. The number of rotatable bonds is 8. The lowest BCUT2D eigenvalue weighted by Gasteiger charge is -2.32. The Labute approximate surface area is 172 Å². The number of likely N-dealkylation sites (tertiary alicyclic amines) is 1. The highest BCUT2D eigenvalue weighted by molar-refractivity contribution is 6.04. The predicted octanol–water partition coefficient (Wildman–Crippen LogP) is 2.00. The minimum Gasteiger partial charge on any atom is -0.353 e. The lowest BCUT2D eigenvalue weighted by Crippen LogP contribution is -2.47. The van der Waals surface area contributed by atoms with Crippen LogP contribution in [-0.2, 0) is 9.59 Å². The largest absolute Gasteiger partial charge is 0.353 e. The quantitative estimate of drug-likeness (QED) is 0.623. The van der Waals surface area contributed by atoms with Crippen LogP contribution in [-0.4, -0.2) is 54.8 Å². The summed E-state index contributed by atoms with van der Waals surface area (Å²) in [4.78, 5) is 38.9. The number of para-hydroxylation sites is 1. The first-order valence-electron chi connectivity index (χ1n) is 10.6. The molecule has 3 N–H and O–H groups in total. The Bertz CT molecular complexity index is 737. The van der Waals surface area contributed by atoms with E-state index in [0.717, 1.165) is 38.8 Å². The summed E-state index contributed by atoms with van der Waals surface area (Å²) in [5.74, 6) is 0.472. The van der Waals surface area contributed by atoms with Crippen LogP contribution in [0.15, 0.2) is 24.3 Å². The van der Waals surface area contributed by atoms with Crippen LogP contribution in [0.25, 0.3) is 0 Å². The van der Waals surface area contributed by atoms with Gasteiger partial charge in [-0.1, -0.05) is 26.0 Å². The van der Waals surface area contributed by atoms with E-state index in [0.29, 0.717) is 23.7 Å². The van der Waals surface area contributed by atoms with E-state index in [9.17, 15) is 14.4 Å². The molecule has 0 atom stereocenters. The minimum atomic E-state index is -0.179. The van der Waals surface area contributed by atoms with Gasteiger partial charge in [-0.2, -0.15) is 0 Å². The summed E-state index contributed by atoms with van der Waals surface area (Å²) < 4.78 is 0. The van der Waals surface area contributed by atoms with Crippen molar-refractivity contribution in [2.75, 3.05) is 31.5 Å². The zero-order valence-electron chi connectivity index (χ0n) is 17.4. The van der Waals surface area contributed by atoms with Gasteiger partial charge in [0, 0.05) is 31.6 Å². The lowest BCUT2D eigenvalue weighted by atomic mass is 10.0. The van der Waals surface area contributed by atoms with Gasteiger partial charge in [0.05, 0.1) is 17.8 Å². The molecule has 0 aromatic heterocycles. The molecule has 0 bridgehead atoms. The van der Waals surface area contributed by atoms with Gasteiger partial charge in [-0.25, -0.2) is 0 Å². The van der Waals surface area contributed by atoms with E-state index >= 15 is 0 Å². The summed E-state index contributed by atoms with van der Waals surface area (Å²) in [6.45, 7) is 6.50. The van der Waals surface area contributed by atoms with Gasteiger partial charge >= 0.3 is 0 Å². The number of anilines is 1. The molecule has 0 radical (unpaired) electrons. The third kappa shape index (κ3) is 6.56. The highest BCUT2D eigenvalue weighted by Gasteiger charge is 2.32. The Kier molecular flexibility index (Phi) is 7.25. The van der Waals surface area contributed by atoms with Crippen molar-refractivity contribution in [2.45, 2.75) is 45.6 Å². The van der Waals surface area contributed by atoms with Crippen LogP contribution in [0.4, 0.5) is 5.69 Å². The maximum Gasteiger partial charge on any atom is 0.253 e. The van der Waals surface area contributed by atoms with Crippen molar-refractivity contribution in [2.24, 2.45) is 11.8 Å². The second-order valence-electron chi connectivity index (χ2n) is 8.53. The molecule has 0 unspecified atom stereocenters. The molecule has 1 aromatic carbocycles. The molecule has 0 spiro atoms. The number of amides is 3. The Morgan fingerprint density at radius 1 is 1.07 bits per heavy atom. The van der Waals surface area contributed by atoms with Crippen LogP contribution in [0.2, 0.25) is 0 Å².